The molecule has 12 aromatic carbocycles. The highest BCUT2D eigenvalue weighted by molar-refractivity contribution is 6.12. The summed E-state index contributed by atoms with van der Waals surface area (Å²) in [6.45, 7) is 0. The van der Waals surface area contributed by atoms with Gasteiger partial charge in [0.1, 0.15) is 0 Å². The maximum absolute atomic E-state index is 5.70. The zero-order chi connectivity index (χ0) is 54.3. The molecule has 386 valence electrons. The molecule has 0 amide bonds. The van der Waals surface area contributed by atoms with Crippen LogP contribution in [0.3, 0.4) is 0 Å². The van der Waals surface area contributed by atoms with Crippen LogP contribution >= 0.6 is 0 Å². The summed E-state index contributed by atoms with van der Waals surface area (Å²) in [7, 11) is 0. The number of rotatable bonds is 12. The average Bonchev–Trinajstić information content (AvgIpc) is 3.83. The van der Waals surface area contributed by atoms with E-state index in [0.29, 0.717) is 5.95 Å². The maximum atomic E-state index is 5.70. The van der Waals surface area contributed by atoms with E-state index in [1.54, 1.807) is 0 Å². The topological polar surface area (TPSA) is 42.1 Å². The third-order valence-electron chi connectivity index (χ3n) is 15.7. The molecule has 0 radical (unpaired) electrons. The highest BCUT2D eigenvalue weighted by Gasteiger charge is 2.23. The molecule has 6 heteroatoms. The number of hydrogen-bond donors (Lipinski definition) is 0. The van der Waals surface area contributed by atoms with Crippen LogP contribution in [0.15, 0.2) is 315 Å². The SMILES string of the molecule is c1ccc(-c2cccc(-c3cc(-c4cccc(-n5c6ccccc6c6cc(N(c7ccccc7)c7ccccc7)ccc65)c4)nc(-n4c5ccccc5c5cc(N(c6ccccc6)c6ccccc6)ccc54)n3)c2-c2ccccc2)cc1. The average molecular weight is 1050 g/mol. The van der Waals surface area contributed by atoms with Gasteiger partial charge < -0.3 is 14.4 Å². The minimum atomic E-state index is 0.578. The molecule has 0 unspecified atom stereocenters. The third-order valence-corrected chi connectivity index (χ3v) is 15.7. The van der Waals surface area contributed by atoms with Gasteiger partial charge in [-0.05, 0) is 138 Å². The number of anilines is 6. The predicted molar refractivity (Wildman–Crippen MR) is 342 cm³/mol. The first-order chi connectivity index (χ1) is 40.7. The lowest BCUT2D eigenvalue weighted by atomic mass is 9.89. The van der Waals surface area contributed by atoms with E-state index >= 15 is 0 Å². The lowest BCUT2D eigenvalue weighted by Crippen LogP contribution is -2.09. The fourth-order valence-corrected chi connectivity index (χ4v) is 12.1. The van der Waals surface area contributed by atoms with Crippen LogP contribution in [0.5, 0.6) is 0 Å². The van der Waals surface area contributed by atoms with E-state index in [1.165, 1.54) is 10.8 Å². The molecule has 0 saturated heterocycles. The molecule has 0 spiro atoms. The Morgan fingerprint density at radius 2 is 0.646 bits per heavy atom. The lowest BCUT2D eigenvalue weighted by Gasteiger charge is -2.25. The Bertz CT molecular complexity index is 4710. The van der Waals surface area contributed by atoms with Gasteiger partial charge in [0, 0.05) is 72.5 Å². The number of nitrogens with zero attached hydrogens (tertiary/aromatic N) is 6. The first-order valence-corrected chi connectivity index (χ1v) is 27.8. The number of para-hydroxylation sites is 6. The van der Waals surface area contributed by atoms with Gasteiger partial charge in [-0.2, -0.15) is 0 Å². The Balaban J connectivity index is 0.943. The maximum Gasteiger partial charge on any atom is 0.235 e. The fraction of sp³-hybridized carbons (Fsp3) is 0. The molecule has 0 saturated carbocycles. The summed E-state index contributed by atoms with van der Waals surface area (Å²) in [6.07, 6.45) is 0. The van der Waals surface area contributed by atoms with Crippen LogP contribution in [0, 0.1) is 0 Å². The summed E-state index contributed by atoms with van der Waals surface area (Å²) < 4.78 is 4.65. The summed E-state index contributed by atoms with van der Waals surface area (Å²) in [6, 6.07) is 112. The van der Waals surface area contributed by atoms with Crippen LogP contribution in [-0.4, -0.2) is 19.1 Å². The van der Waals surface area contributed by atoms with Gasteiger partial charge in [0.05, 0.1) is 33.5 Å². The van der Waals surface area contributed by atoms with Crippen molar-refractivity contribution in [3.63, 3.8) is 0 Å². The highest BCUT2D eigenvalue weighted by Crippen LogP contribution is 2.44. The van der Waals surface area contributed by atoms with E-state index in [2.05, 4.69) is 334 Å². The van der Waals surface area contributed by atoms with Gasteiger partial charge in [0.15, 0.2) is 0 Å². The fourth-order valence-electron chi connectivity index (χ4n) is 12.1. The molecule has 0 fully saturated rings. The van der Waals surface area contributed by atoms with Crippen LogP contribution in [0.25, 0.3) is 100 Å². The van der Waals surface area contributed by atoms with Crippen LogP contribution in [0.1, 0.15) is 0 Å². The van der Waals surface area contributed by atoms with Crippen molar-refractivity contribution < 1.29 is 0 Å². The van der Waals surface area contributed by atoms with Gasteiger partial charge in [-0.1, -0.05) is 200 Å². The summed E-state index contributed by atoms with van der Waals surface area (Å²) in [4.78, 5) is 16.0. The second kappa shape index (κ2) is 20.6. The molecular formula is C76H52N6. The second-order valence-electron chi connectivity index (χ2n) is 20.6. The smallest absolute Gasteiger partial charge is 0.235 e. The van der Waals surface area contributed by atoms with Crippen molar-refractivity contribution in [2.24, 2.45) is 0 Å². The molecule has 82 heavy (non-hydrogen) atoms. The minimum Gasteiger partial charge on any atom is -0.310 e. The van der Waals surface area contributed by atoms with Crippen molar-refractivity contribution in [2.45, 2.75) is 0 Å². The Morgan fingerprint density at radius 3 is 1.18 bits per heavy atom. The zero-order valence-corrected chi connectivity index (χ0v) is 44.7. The minimum absolute atomic E-state index is 0.578. The van der Waals surface area contributed by atoms with Crippen LogP contribution < -0.4 is 9.80 Å². The normalized spacial score (nSPS) is 11.4. The predicted octanol–water partition coefficient (Wildman–Crippen LogP) is 20.3. The van der Waals surface area contributed by atoms with Gasteiger partial charge in [-0.25, -0.2) is 9.97 Å². The number of hydrogen-bond acceptors (Lipinski definition) is 4. The monoisotopic (exact) mass is 1050 g/mol. The molecule has 0 N–H and O–H groups in total. The molecular weight excluding hydrogens is 997 g/mol. The van der Waals surface area contributed by atoms with Crippen molar-refractivity contribution in [3.8, 4) is 56.4 Å². The van der Waals surface area contributed by atoms with Crippen molar-refractivity contribution in [1.82, 2.24) is 19.1 Å². The molecule has 6 nitrogen and oxygen atoms in total. The molecule has 0 aliphatic carbocycles. The third kappa shape index (κ3) is 8.54. The van der Waals surface area contributed by atoms with Gasteiger partial charge >= 0.3 is 0 Å². The molecule has 0 aliphatic rings. The standard InChI is InChI=1S/C76H52N6/c1-7-25-53(26-8-1)63-41-24-42-66(75(63)54-27-9-2-10-28-54)70-52-69(77-76(78-70)82-72-44-22-20-40-65(72)68-51-62(46-48-74(68)82)80(58-34-15-5-16-35-58)59-36-17-6-18-37-59)55-29-23-38-60(49-55)81-71-43-21-19-39-64(71)67-50-61(45-47-73(67)81)79(56-30-11-3-12-31-56)57-32-13-4-14-33-57/h1-52H. The molecule has 3 aromatic heterocycles. The lowest BCUT2D eigenvalue weighted by molar-refractivity contribution is 0.995. The Labute approximate surface area is 476 Å². The van der Waals surface area contributed by atoms with Crippen LogP contribution in [-0.2, 0) is 0 Å². The van der Waals surface area contributed by atoms with Gasteiger partial charge in [-0.15, -0.1) is 0 Å². The summed E-state index contributed by atoms with van der Waals surface area (Å²) in [5.74, 6) is 0.578. The quantitative estimate of drug-likeness (QED) is 0.122. The van der Waals surface area contributed by atoms with E-state index in [4.69, 9.17) is 9.97 Å². The van der Waals surface area contributed by atoms with Gasteiger partial charge in [0.2, 0.25) is 5.95 Å². The summed E-state index contributed by atoms with van der Waals surface area (Å²) >= 11 is 0. The van der Waals surface area contributed by atoms with E-state index in [0.717, 1.165) is 117 Å². The van der Waals surface area contributed by atoms with E-state index in [9.17, 15) is 0 Å². The Hall–Kier alpha value is -11.1. The van der Waals surface area contributed by atoms with E-state index in [-0.39, 0.29) is 0 Å². The van der Waals surface area contributed by atoms with Gasteiger partial charge in [-0.3, -0.25) is 4.57 Å². The molecule has 0 aliphatic heterocycles. The molecule has 3 heterocycles. The summed E-state index contributed by atoms with van der Waals surface area (Å²) in [5.41, 5.74) is 19.8. The molecule has 0 atom stereocenters. The van der Waals surface area contributed by atoms with E-state index < -0.39 is 0 Å². The summed E-state index contributed by atoms with van der Waals surface area (Å²) in [5, 5.41) is 4.55. The van der Waals surface area contributed by atoms with Crippen molar-refractivity contribution in [3.05, 3.63) is 315 Å². The number of aromatic nitrogens is 4. The second-order valence-corrected chi connectivity index (χ2v) is 20.6. The first kappa shape index (κ1) is 48.1. The number of fused-ring (bicyclic) bond motifs is 6. The number of benzene rings is 12. The molecule has 15 aromatic rings. The zero-order valence-electron chi connectivity index (χ0n) is 44.7. The van der Waals surface area contributed by atoms with Gasteiger partial charge in [0.25, 0.3) is 0 Å². The Kier molecular flexibility index (Phi) is 12.1. The largest absolute Gasteiger partial charge is 0.310 e. The van der Waals surface area contributed by atoms with Crippen molar-refractivity contribution >= 4 is 77.7 Å². The first-order valence-electron chi connectivity index (χ1n) is 27.8. The van der Waals surface area contributed by atoms with Crippen molar-refractivity contribution in [2.75, 3.05) is 9.80 Å². The van der Waals surface area contributed by atoms with Crippen LogP contribution in [0.4, 0.5) is 34.1 Å². The van der Waals surface area contributed by atoms with Crippen LogP contribution in [0.2, 0.25) is 0 Å². The molecule has 15 rings (SSSR count). The highest BCUT2D eigenvalue weighted by atomic mass is 15.2. The van der Waals surface area contributed by atoms with E-state index in [1.807, 2.05) is 0 Å². The Morgan fingerprint density at radius 1 is 0.244 bits per heavy atom. The molecule has 0 bridgehead atoms. The van der Waals surface area contributed by atoms with Crippen molar-refractivity contribution in [1.29, 1.82) is 0 Å².